The molecule has 0 aromatic heterocycles. The van der Waals surface area contributed by atoms with Gasteiger partial charge in [-0.2, -0.15) is 5.26 Å². The summed E-state index contributed by atoms with van der Waals surface area (Å²) in [7, 11) is 1.37. The summed E-state index contributed by atoms with van der Waals surface area (Å²) in [6.07, 6.45) is 1.16. The number of nitrogens with two attached hydrogens (primary N) is 1. The maximum absolute atomic E-state index is 10.8. The fourth-order valence-corrected chi connectivity index (χ4v) is 0.653. The quantitative estimate of drug-likeness (QED) is 0.373. The van der Waals surface area contributed by atoms with Crippen molar-refractivity contribution in [3.8, 4) is 5.40 Å². The van der Waals surface area contributed by atoms with Crippen LogP contribution in [0.2, 0.25) is 0 Å². The number of methoxy groups -OCH3 is 1. The van der Waals surface area contributed by atoms with Crippen molar-refractivity contribution in [1.29, 1.82) is 5.26 Å². The molecule has 0 aliphatic carbocycles. The van der Waals surface area contributed by atoms with E-state index >= 15 is 0 Å². The molecule has 0 saturated heterocycles. The third-order valence-electron chi connectivity index (χ3n) is 0.818. The Kier molecular flexibility index (Phi) is 5.03. The molecule has 0 saturated carbocycles. The Morgan fingerprint density at radius 2 is 2.55 bits per heavy atom. The Morgan fingerprint density at radius 3 is 3.00 bits per heavy atom. The third kappa shape index (κ3) is 5.30. The number of ketones is 1. The molecule has 0 rings (SSSR count). The Hall–Kier alpha value is -1.15. The van der Waals surface area contributed by atoms with Crippen molar-refractivity contribution in [2.24, 2.45) is 5.73 Å². The summed E-state index contributed by atoms with van der Waals surface area (Å²) in [4.78, 5) is 10.8. The molecule has 5 heteroatoms. The fourth-order valence-electron chi connectivity index (χ4n) is 0.363. The first-order chi connectivity index (χ1) is 5.20. The van der Waals surface area contributed by atoms with Gasteiger partial charge in [-0.25, -0.2) is 0 Å². The van der Waals surface area contributed by atoms with Gasteiger partial charge in [0.05, 0.1) is 12.9 Å². The molecule has 0 aromatic rings. The van der Waals surface area contributed by atoms with Gasteiger partial charge in [0.15, 0.2) is 11.7 Å². The summed E-state index contributed by atoms with van der Waals surface area (Å²) in [5.41, 5.74) is 5.17. The Labute approximate surface area is 69.0 Å². The minimum Gasteiger partial charge on any atom is -0.483 e. The largest absolute Gasteiger partial charge is 0.483 e. The number of hydrogen-bond acceptors (Lipinski definition) is 5. The van der Waals surface area contributed by atoms with Gasteiger partial charge < -0.3 is 10.5 Å². The van der Waals surface area contributed by atoms with Crippen LogP contribution in [0, 0.1) is 10.7 Å². The highest BCUT2D eigenvalue weighted by Gasteiger charge is 1.98. The lowest BCUT2D eigenvalue weighted by molar-refractivity contribution is -0.112. The zero-order valence-electron chi connectivity index (χ0n) is 6.03. The van der Waals surface area contributed by atoms with Crippen LogP contribution < -0.4 is 5.73 Å². The van der Waals surface area contributed by atoms with Crippen molar-refractivity contribution in [2.45, 2.75) is 0 Å². The molecule has 0 atom stereocenters. The topological polar surface area (TPSA) is 76.1 Å². The Balaban J connectivity index is 3.79. The van der Waals surface area contributed by atoms with Gasteiger partial charge >= 0.3 is 0 Å². The van der Waals surface area contributed by atoms with Crippen molar-refractivity contribution < 1.29 is 9.53 Å². The lowest BCUT2D eigenvalue weighted by atomic mass is 10.4. The van der Waals surface area contributed by atoms with E-state index in [0.29, 0.717) is 0 Å². The number of thiocyanates is 1. The number of carbonyl (C=O) groups excluding carboxylic acids is 1. The molecule has 0 bridgehead atoms. The normalized spacial score (nSPS) is 10.4. The molecule has 4 nitrogen and oxygen atoms in total. The van der Waals surface area contributed by atoms with E-state index in [9.17, 15) is 4.79 Å². The van der Waals surface area contributed by atoms with Crippen LogP contribution in [0.5, 0.6) is 0 Å². The first-order valence-electron chi connectivity index (χ1n) is 2.75. The summed E-state index contributed by atoms with van der Waals surface area (Å²) in [5.74, 6) is -0.0509. The molecule has 0 fully saturated rings. The maximum atomic E-state index is 10.8. The molecule has 0 spiro atoms. The van der Waals surface area contributed by atoms with Gasteiger partial charge in [0.2, 0.25) is 0 Å². The fraction of sp³-hybridized carbons (Fsp3) is 0.333. The van der Waals surface area contributed by atoms with Crippen LogP contribution >= 0.6 is 11.8 Å². The first-order valence-corrected chi connectivity index (χ1v) is 3.74. The highest BCUT2D eigenvalue weighted by molar-refractivity contribution is 8.04. The number of carbonyl (C=O) groups is 1. The van der Waals surface area contributed by atoms with Crippen LogP contribution in [-0.2, 0) is 9.53 Å². The van der Waals surface area contributed by atoms with Crippen LogP contribution in [0.15, 0.2) is 12.0 Å². The van der Waals surface area contributed by atoms with E-state index in [4.69, 9.17) is 11.0 Å². The average molecular weight is 172 g/mol. The van der Waals surface area contributed by atoms with Gasteiger partial charge in [-0.05, 0) is 11.8 Å². The van der Waals surface area contributed by atoms with Gasteiger partial charge in [0.25, 0.3) is 0 Å². The Morgan fingerprint density at radius 1 is 1.91 bits per heavy atom. The van der Waals surface area contributed by atoms with E-state index in [1.807, 2.05) is 0 Å². The molecule has 60 valence electrons. The number of thioether (sulfide) groups is 1. The second-order valence-electron chi connectivity index (χ2n) is 1.60. The molecule has 0 unspecified atom stereocenters. The number of hydrogen-bond donors (Lipinski definition) is 1. The lowest BCUT2D eigenvalue weighted by Gasteiger charge is -1.95. The number of nitriles is 1. The van der Waals surface area contributed by atoms with Crippen LogP contribution in [-0.4, -0.2) is 18.6 Å². The standard InChI is InChI=1S/C6H8N2O2S/c1-10-6(8)2-5(9)3-11-4-7/h2H,3,8H2,1H3. The van der Waals surface area contributed by atoms with Gasteiger partial charge in [-0.15, -0.1) is 0 Å². The molecular formula is C6H8N2O2S. The van der Waals surface area contributed by atoms with Crippen LogP contribution in [0.4, 0.5) is 0 Å². The molecule has 0 aliphatic rings. The van der Waals surface area contributed by atoms with E-state index in [-0.39, 0.29) is 17.4 Å². The summed E-state index contributed by atoms with van der Waals surface area (Å²) in [6.45, 7) is 0. The molecule has 0 radical (unpaired) electrons. The summed E-state index contributed by atoms with van der Waals surface area (Å²) < 4.78 is 4.53. The third-order valence-corrected chi connectivity index (χ3v) is 1.38. The summed E-state index contributed by atoms with van der Waals surface area (Å²) >= 11 is 0.869. The molecule has 2 N–H and O–H groups in total. The second kappa shape index (κ2) is 5.62. The molecule has 0 amide bonds. The van der Waals surface area contributed by atoms with Crippen LogP contribution in [0.25, 0.3) is 0 Å². The molecular weight excluding hydrogens is 164 g/mol. The first kappa shape index (κ1) is 9.85. The predicted octanol–water partition coefficient (Wildman–Crippen LogP) is 0.216. The number of nitrogens with zero attached hydrogens (tertiary/aromatic N) is 1. The van der Waals surface area contributed by atoms with Crippen LogP contribution in [0.1, 0.15) is 0 Å². The second-order valence-corrected chi connectivity index (χ2v) is 2.36. The smallest absolute Gasteiger partial charge is 0.187 e. The maximum Gasteiger partial charge on any atom is 0.187 e. The lowest BCUT2D eigenvalue weighted by Crippen LogP contribution is -2.05. The molecule has 0 aromatic carbocycles. The number of rotatable bonds is 4. The van der Waals surface area contributed by atoms with E-state index < -0.39 is 0 Å². The van der Waals surface area contributed by atoms with Gasteiger partial charge in [0, 0.05) is 6.08 Å². The van der Waals surface area contributed by atoms with E-state index in [1.54, 1.807) is 5.40 Å². The molecule has 0 aliphatic heterocycles. The number of allylic oxidation sites excluding steroid dienone is 1. The predicted molar refractivity (Wildman–Crippen MR) is 42.4 cm³/mol. The van der Waals surface area contributed by atoms with Gasteiger partial charge in [-0.3, -0.25) is 4.79 Å². The Bertz CT molecular complexity index is 207. The van der Waals surface area contributed by atoms with Crippen molar-refractivity contribution >= 4 is 17.5 Å². The molecule has 11 heavy (non-hydrogen) atoms. The zero-order chi connectivity index (χ0) is 8.69. The van der Waals surface area contributed by atoms with Crippen molar-refractivity contribution in [3.05, 3.63) is 12.0 Å². The number of ether oxygens (including phenoxy) is 1. The summed E-state index contributed by atoms with van der Waals surface area (Å²) in [5, 5.41) is 9.86. The van der Waals surface area contributed by atoms with Gasteiger partial charge in [0.1, 0.15) is 5.40 Å². The minimum atomic E-state index is -0.226. The zero-order valence-corrected chi connectivity index (χ0v) is 6.85. The van der Waals surface area contributed by atoms with Crippen molar-refractivity contribution in [3.63, 3.8) is 0 Å². The van der Waals surface area contributed by atoms with E-state index in [1.165, 1.54) is 7.11 Å². The van der Waals surface area contributed by atoms with E-state index in [0.717, 1.165) is 17.8 Å². The van der Waals surface area contributed by atoms with Crippen molar-refractivity contribution in [2.75, 3.05) is 12.9 Å². The van der Waals surface area contributed by atoms with Crippen molar-refractivity contribution in [1.82, 2.24) is 0 Å². The minimum absolute atomic E-state index is 0.0635. The average Bonchev–Trinajstić information content (AvgIpc) is 2.00. The highest BCUT2D eigenvalue weighted by atomic mass is 32.2. The SMILES string of the molecule is COC(N)=CC(=O)CSC#N. The monoisotopic (exact) mass is 172 g/mol. The van der Waals surface area contributed by atoms with E-state index in [2.05, 4.69) is 4.74 Å². The highest BCUT2D eigenvalue weighted by Crippen LogP contribution is 1.97. The van der Waals surface area contributed by atoms with Crippen LogP contribution in [0.3, 0.4) is 0 Å². The summed E-state index contributed by atoms with van der Waals surface area (Å²) in [6, 6.07) is 0. The van der Waals surface area contributed by atoms with Gasteiger partial charge in [-0.1, -0.05) is 0 Å². The molecule has 0 heterocycles.